The largest absolute Gasteiger partial charge is 0.417 e. The highest BCUT2D eigenvalue weighted by molar-refractivity contribution is 5.89. The Labute approximate surface area is 190 Å². The van der Waals surface area contributed by atoms with E-state index in [2.05, 4.69) is 34.2 Å². The molecule has 0 spiro atoms. The summed E-state index contributed by atoms with van der Waals surface area (Å²) >= 11 is 0. The number of carbonyl (C=O) groups is 1. The van der Waals surface area contributed by atoms with E-state index in [9.17, 15) is 13.6 Å². The van der Waals surface area contributed by atoms with Gasteiger partial charge in [-0.25, -0.2) is 8.78 Å². The average molecular weight is 453 g/mol. The minimum absolute atomic E-state index is 0.0345. The molecule has 2 atom stereocenters. The van der Waals surface area contributed by atoms with E-state index in [0.29, 0.717) is 19.0 Å². The number of aryl methyl sites for hydroxylation is 1. The molecule has 3 aromatic rings. The summed E-state index contributed by atoms with van der Waals surface area (Å²) in [6.45, 7) is 8.77. The SMILES string of the molecule is CCN(C[C@@]12CC[C@@H](c3cc(-c4c(F)cccc4F)nnc31)C2(C)C)C(=O)c1nnc(C)o1. The molecule has 0 unspecified atom stereocenters. The molecule has 172 valence electrons. The summed E-state index contributed by atoms with van der Waals surface area (Å²) in [5.41, 5.74) is 1.11. The van der Waals surface area contributed by atoms with Gasteiger partial charge in [-0.15, -0.1) is 10.2 Å². The third-order valence-electron chi connectivity index (χ3n) is 7.67. The fourth-order valence-corrected chi connectivity index (χ4v) is 5.81. The fraction of sp³-hybridized carbons (Fsp3) is 0.458. The number of carbonyl (C=O) groups excluding carboxylic acids is 1. The quantitative estimate of drug-likeness (QED) is 0.568. The summed E-state index contributed by atoms with van der Waals surface area (Å²) in [7, 11) is 0. The van der Waals surface area contributed by atoms with Gasteiger partial charge in [-0.05, 0) is 54.9 Å². The summed E-state index contributed by atoms with van der Waals surface area (Å²) in [6.07, 6.45) is 1.74. The lowest BCUT2D eigenvalue weighted by Crippen LogP contribution is -2.48. The molecule has 0 aliphatic heterocycles. The number of aromatic nitrogens is 4. The maximum Gasteiger partial charge on any atom is 0.311 e. The molecule has 1 aromatic carbocycles. The number of rotatable bonds is 5. The van der Waals surface area contributed by atoms with Crippen LogP contribution in [0, 0.1) is 24.0 Å². The molecule has 2 bridgehead atoms. The molecule has 0 saturated heterocycles. The predicted molar refractivity (Wildman–Crippen MR) is 115 cm³/mol. The van der Waals surface area contributed by atoms with Gasteiger partial charge in [0.15, 0.2) is 0 Å². The molecule has 0 radical (unpaired) electrons. The molecule has 0 N–H and O–H groups in total. The van der Waals surface area contributed by atoms with Crippen LogP contribution in [-0.4, -0.2) is 44.3 Å². The summed E-state index contributed by atoms with van der Waals surface area (Å²) in [6, 6.07) is 5.54. The molecule has 2 aliphatic carbocycles. The number of nitrogens with zero attached hydrogens (tertiary/aromatic N) is 5. The van der Waals surface area contributed by atoms with E-state index in [1.165, 1.54) is 18.2 Å². The lowest BCUT2D eigenvalue weighted by Gasteiger charge is -2.41. The van der Waals surface area contributed by atoms with E-state index in [0.717, 1.165) is 24.1 Å². The van der Waals surface area contributed by atoms with E-state index >= 15 is 0 Å². The molecule has 2 aromatic heterocycles. The van der Waals surface area contributed by atoms with Gasteiger partial charge in [-0.3, -0.25) is 4.79 Å². The highest BCUT2D eigenvalue weighted by Crippen LogP contribution is 2.67. The van der Waals surface area contributed by atoms with E-state index in [4.69, 9.17) is 4.42 Å². The highest BCUT2D eigenvalue weighted by Gasteiger charge is 2.64. The third kappa shape index (κ3) is 3.01. The monoisotopic (exact) mass is 453 g/mol. The van der Waals surface area contributed by atoms with Crippen LogP contribution in [0.25, 0.3) is 11.3 Å². The number of benzene rings is 1. The fourth-order valence-electron chi connectivity index (χ4n) is 5.81. The van der Waals surface area contributed by atoms with Crippen molar-refractivity contribution < 1.29 is 18.0 Å². The summed E-state index contributed by atoms with van der Waals surface area (Å²) in [5, 5.41) is 16.4. The van der Waals surface area contributed by atoms with Gasteiger partial charge in [0.05, 0.1) is 17.0 Å². The first kappa shape index (κ1) is 21.6. The maximum atomic E-state index is 14.4. The van der Waals surface area contributed by atoms with Gasteiger partial charge >= 0.3 is 11.8 Å². The Morgan fingerprint density at radius 3 is 2.55 bits per heavy atom. The van der Waals surface area contributed by atoms with Crippen LogP contribution in [0.3, 0.4) is 0 Å². The van der Waals surface area contributed by atoms with Crippen LogP contribution in [0.1, 0.15) is 67.4 Å². The van der Waals surface area contributed by atoms with Crippen molar-refractivity contribution >= 4 is 5.91 Å². The normalized spacial score (nSPS) is 22.4. The van der Waals surface area contributed by atoms with Crippen molar-refractivity contribution in [1.82, 2.24) is 25.3 Å². The van der Waals surface area contributed by atoms with Gasteiger partial charge < -0.3 is 9.32 Å². The zero-order chi connectivity index (χ0) is 23.5. The Morgan fingerprint density at radius 1 is 1.18 bits per heavy atom. The van der Waals surface area contributed by atoms with Gasteiger partial charge in [-0.1, -0.05) is 19.9 Å². The summed E-state index contributed by atoms with van der Waals surface area (Å²) in [4.78, 5) is 14.8. The van der Waals surface area contributed by atoms with Crippen LogP contribution in [0.15, 0.2) is 28.7 Å². The lowest BCUT2D eigenvalue weighted by atomic mass is 9.68. The minimum Gasteiger partial charge on any atom is -0.417 e. The predicted octanol–water partition coefficient (Wildman–Crippen LogP) is 4.43. The molecule has 2 heterocycles. The van der Waals surface area contributed by atoms with Crippen molar-refractivity contribution in [3.8, 4) is 11.3 Å². The molecule has 9 heteroatoms. The van der Waals surface area contributed by atoms with Crippen LogP contribution in [0.4, 0.5) is 8.78 Å². The summed E-state index contributed by atoms with van der Waals surface area (Å²) < 4.78 is 34.2. The first-order chi connectivity index (χ1) is 15.7. The number of fused-ring (bicyclic) bond motifs is 5. The van der Waals surface area contributed by atoms with Gasteiger partial charge in [0.1, 0.15) is 11.6 Å². The van der Waals surface area contributed by atoms with Gasteiger partial charge in [0, 0.05) is 25.4 Å². The van der Waals surface area contributed by atoms with Crippen LogP contribution in [-0.2, 0) is 5.41 Å². The Hall–Kier alpha value is -3.23. The third-order valence-corrected chi connectivity index (χ3v) is 7.67. The number of hydrogen-bond donors (Lipinski definition) is 0. The number of hydrogen-bond acceptors (Lipinski definition) is 6. The minimum atomic E-state index is -0.668. The van der Waals surface area contributed by atoms with Gasteiger partial charge in [0.2, 0.25) is 5.89 Å². The van der Waals surface area contributed by atoms with Crippen molar-refractivity contribution in [2.75, 3.05) is 13.1 Å². The molecular formula is C24H25F2N5O2. The average Bonchev–Trinajstić information content (AvgIpc) is 3.37. The van der Waals surface area contributed by atoms with Crippen molar-refractivity contribution in [3.05, 3.63) is 58.9 Å². The van der Waals surface area contributed by atoms with Crippen LogP contribution >= 0.6 is 0 Å². The first-order valence-electron chi connectivity index (χ1n) is 11.1. The lowest BCUT2D eigenvalue weighted by molar-refractivity contribution is 0.0612. The van der Waals surface area contributed by atoms with Crippen LogP contribution in [0.2, 0.25) is 0 Å². The second-order valence-corrected chi connectivity index (χ2v) is 9.47. The van der Waals surface area contributed by atoms with E-state index in [-0.39, 0.29) is 34.4 Å². The van der Waals surface area contributed by atoms with Crippen molar-refractivity contribution in [2.24, 2.45) is 5.41 Å². The topological polar surface area (TPSA) is 85.0 Å². The Balaban J connectivity index is 1.56. The van der Waals surface area contributed by atoms with Crippen molar-refractivity contribution in [2.45, 2.75) is 51.9 Å². The van der Waals surface area contributed by atoms with E-state index < -0.39 is 17.0 Å². The first-order valence-corrected chi connectivity index (χ1v) is 11.1. The molecule has 7 nitrogen and oxygen atoms in total. The molecule has 5 rings (SSSR count). The standard InChI is InChI=1S/C24H25F2N5O2/c1-5-31(22(32)21-30-27-13(2)33-21)12-24-10-9-15(23(24,3)4)14-11-18(28-29-20(14)24)19-16(25)7-6-8-17(19)26/h6-8,11,15H,5,9-10,12H2,1-4H3/t15-,24-/m0/s1. The molecule has 1 saturated carbocycles. The van der Waals surface area contributed by atoms with Gasteiger partial charge in [0.25, 0.3) is 0 Å². The zero-order valence-corrected chi connectivity index (χ0v) is 19.0. The van der Waals surface area contributed by atoms with E-state index in [1.807, 2.05) is 6.92 Å². The molecule has 1 fully saturated rings. The summed E-state index contributed by atoms with van der Waals surface area (Å²) in [5.74, 6) is -1.21. The molecular weight excluding hydrogens is 428 g/mol. The van der Waals surface area contributed by atoms with E-state index in [1.54, 1.807) is 17.9 Å². The van der Waals surface area contributed by atoms with Crippen molar-refractivity contribution in [3.63, 3.8) is 0 Å². The zero-order valence-electron chi connectivity index (χ0n) is 19.0. The van der Waals surface area contributed by atoms with Crippen LogP contribution < -0.4 is 0 Å². The Bertz CT molecular complexity index is 1240. The highest BCUT2D eigenvalue weighted by atomic mass is 19.1. The number of halogens is 2. The van der Waals surface area contributed by atoms with Crippen molar-refractivity contribution in [1.29, 1.82) is 0 Å². The Morgan fingerprint density at radius 2 is 1.91 bits per heavy atom. The number of likely N-dealkylation sites (N-methyl/N-ethyl adjacent to an activating group) is 1. The maximum absolute atomic E-state index is 14.4. The van der Waals surface area contributed by atoms with Gasteiger partial charge in [-0.2, -0.15) is 10.2 Å². The second-order valence-electron chi connectivity index (χ2n) is 9.47. The number of amides is 1. The molecule has 33 heavy (non-hydrogen) atoms. The second kappa shape index (κ2) is 7.40. The van der Waals surface area contributed by atoms with Crippen LogP contribution in [0.5, 0.6) is 0 Å². The Kier molecular flexibility index (Phi) is 4.84. The molecule has 2 aliphatic rings. The molecule has 1 amide bonds. The smallest absolute Gasteiger partial charge is 0.311 e.